The number of hydrogen-bond acceptors (Lipinski definition) is 5. The highest BCUT2D eigenvalue weighted by Gasteiger charge is 2.24. The third-order valence-electron chi connectivity index (χ3n) is 5.08. The molecule has 0 aromatic carbocycles. The first-order chi connectivity index (χ1) is 12.8. The minimum absolute atomic E-state index is 0.0515. The average molecular weight is 373 g/mol. The van der Waals surface area contributed by atoms with E-state index in [-0.39, 0.29) is 34.5 Å². The molecule has 3 rings (SSSR count). The van der Waals surface area contributed by atoms with Crippen molar-refractivity contribution in [1.29, 1.82) is 0 Å². The van der Waals surface area contributed by atoms with Crippen LogP contribution >= 0.6 is 0 Å². The highest BCUT2D eigenvalue weighted by atomic mass is 16.2. The molecule has 1 aliphatic heterocycles. The van der Waals surface area contributed by atoms with Gasteiger partial charge in [0.05, 0.1) is 10.9 Å². The Labute approximate surface area is 157 Å². The maximum atomic E-state index is 13.0. The van der Waals surface area contributed by atoms with Crippen molar-refractivity contribution in [1.82, 2.24) is 25.2 Å². The third-order valence-corrected chi connectivity index (χ3v) is 5.08. The molecule has 3 heterocycles. The topological polar surface area (TPSA) is 109 Å². The van der Waals surface area contributed by atoms with Crippen molar-refractivity contribution >= 4 is 16.9 Å². The summed E-state index contributed by atoms with van der Waals surface area (Å²) < 4.78 is 1.39. The van der Waals surface area contributed by atoms with Crippen LogP contribution in [-0.4, -0.2) is 39.1 Å². The van der Waals surface area contributed by atoms with E-state index in [0.717, 1.165) is 19.4 Å². The summed E-state index contributed by atoms with van der Waals surface area (Å²) in [6.45, 7) is 9.02. The maximum Gasteiger partial charge on any atom is 0.329 e. The molecule has 146 valence electrons. The summed E-state index contributed by atoms with van der Waals surface area (Å²) in [6, 6.07) is 2.06. The van der Waals surface area contributed by atoms with Crippen molar-refractivity contribution in [2.75, 3.05) is 6.54 Å². The Morgan fingerprint density at radius 2 is 2.15 bits per heavy atom. The van der Waals surface area contributed by atoms with Gasteiger partial charge in [0, 0.05) is 24.3 Å². The van der Waals surface area contributed by atoms with Crippen LogP contribution in [0, 0.1) is 0 Å². The molecule has 0 spiro atoms. The second kappa shape index (κ2) is 7.64. The van der Waals surface area contributed by atoms with E-state index in [9.17, 15) is 14.4 Å². The highest BCUT2D eigenvalue weighted by Crippen LogP contribution is 2.20. The number of aromatic amines is 1. The fourth-order valence-corrected chi connectivity index (χ4v) is 3.59. The number of fused-ring (bicyclic) bond motifs is 1. The molecule has 2 atom stereocenters. The lowest BCUT2D eigenvalue weighted by atomic mass is 9.99. The number of H-pyrrole nitrogens is 1. The van der Waals surface area contributed by atoms with Crippen LogP contribution in [0.2, 0.25) is 0 Å². The Morgan fingerprint density at radius 1 is 1.41 bits per heavy atom. The molecule has 3 N–H and O–H groups in total. The van der Waals surface area contributed by atoms with Crippen LogP contribution in [0.4, 0.5) is 0 Å². The fraction of sp³-hybridized carbons (Fsp3) is 0.579. The van der Waals surface area contributed by atoms with Crippen LogP contribution in [0.25, 0.3) is 11.0 Å². The molecular formula is C19H27N5O3. The summed E-state index contributed by atoms with van der Waals surface area (Å²) in [5, 5.41) is 6.58. The zero-order chi connectivity index (χ0) is 19.7. The lowest BCUT2D eigenvalue weighted by molar-refractivity contribution is 0.0927. The first-order valence-electron chi connectivity index (χ1n) is 9.53. The van der Waals surface area contributed by atoms with Crippen LogP contribution < -0.4 is 21.9 Å². The number of amides is 1. The van der Waals surface area contributed by atoms with Gasteiger partial charge in [0.2, 0.25) is 0 Å². The Kier molecular flexibility index (Phi) is 5.46. The van der Waals surface area contributed by atoms with Crippen LogP contribution in [0.1, 0.15) is 62.5 Å². The van der Waals surface area contributed by atoms with Gasteiger partial charge in [-0.05, 0) is 45.2 Å². The Hall–Kier alpha value is -2.48. The lowest BCUT2D eigenvalue weighted by Crippen LogP contribution is -2.46. The van der Waals surface area contributed by atoms with E-state index in [0.29, 0.717) is 18.3 Å². The SMILES string of the molecule is CCn1c(=O)[nH]c(=O)c2c(C(=O)NC3CCNC(C)C3)cc(C(C)C)nc21. The molecule has 0 radical (unpaired) electrons. The van der Waals surface area contributed by atoms with Crippen LogP contribution in [0.15, 0.2) is 15.7 Å². The summed E-state index contributed by atoms with van der Waals surface area (Å²) in [5.74, 6) is -0.241. The van der Waals surface area contributed by atoms with Gasteiger partial charge < -0.3 is 10.6 Å². The molecule has 0 aliphatic carbocycles. The number of piperidine rings is 1. The Morgan fingerprint density at radius 3 is 2.78 bits per heavy atom. The molecule has 1 aliphatic rings. The highest BCUT2D eigenvalue weighted by molar-refractivity contribution is 6.05. The minimum Gasteiger partial charge on any atom is -0.349 e. The monoisotopic (exact) mass is 373 g/mol. The first-order valence-corrected chi connectivity index (χ1v) is 9.53. The lowest BCUT2D eigenvalue weighted by Gasteiger charge is -2.28. The van der Waals surface area contributed by atoms with Gasteiger partial charge in [-0.2, -0.15) is 0 Å². The van der Waals surface area contributed by atoms with Gasteiger partial charge >= 0.3 is 5.69 Å². The van der Waals surface area contributed by atoms with Crippen LogP contribution in [0.5, 0.6) is 0 Å². The van der Waals surface area contributed by atoms with E-state index in [2.05, 4.69) is 27.5 Å². The number of carbonyl (C=O) groups excluding carboxylic acids is 1. The zero-order valence-electron chi connectivity index (χ0n) is 16.3. The van der Waals surface area contributed by atoms with E-state index in [1.54, 1.807) is 13.0 Å². The summed E-state index contributed by atoms with van der Waals surface area (Å²) in [5.41, 5.74) is 0.131. The molecular weight excluding hydrogens is 346 g/mol. The maximum absolute atomic E-state index is 13.0. The van der Waals surface area contributed by atoms with E-state index in [1.165, 1.54) is 4.57 Å². The second-order valence-electron chi connectivity index (χ2n) is 7.50. The fourth-order valence-electron chi connectivity index (χ4n) is 3.59. The molecule has 2 unspecified atom stereocenters. The molecule has 1 saturated heterocycles. The normalized spacial score (nSPS) is 20.2. The smallest absolute Gasteiger partial charge is 0.329 e. The van der Waals surface area contributed by atoms with E-state index < -0.39 is 11.2 Å². The standard InChI is InChI=1S/C19H27N5O3/c1-5-24-16-15(18(26)23-19(24)27)13(9-14(22-16)10(2)3)17(25)21-12-6-7-20-11(4)8-12/h9-12,20H,5-8H2,1-4H3,(H,21,25)(H,23,26,27). The number of pyridine rings is 1. The predicted octanol–water partition coefficient (Wildman–Crippen LogP) is 1.10. The molecule has 8 nitrogen and oxygen atoms in total. The van der Waals surface area contributed by atoms with Gasteiger partial charge in [-0.25, -0.2) is 9.78 Å². The van der Waals surface area contributed by atoms with Gasteiger partial charge in [0.25, 0.3) is 11.5 Å². The average Bonchev–Trinajstić information content (AvgIpc) is 2.60. The molecule has 1 amide bonds. The quantitative estimate of drug-likeness (QED) is 0.744. The number of aromatic nitrogens is 3. The van der Waals surface area contributed by atoms with E-state index in [4.69, 9.17) is 0 Å². The molecule has 1 fully saturated rings. The van der Waals surface area contributed by atoms with Gasteiger partial charge in [-0.15, -0.1) is 0 Å². The molecule has 2 aromatic rings. The van der Waals surface area contributed by atoms with Gasteiger partial charge in [0.1, 0.15) is 0 Å². The molecule has 27 heavy (non-hydrogen) atoms. The van der Waals surface area contributed by atoms with Gasteiger partial charge in [-0.1, -0.05) is 13.8 Å². The molecule has 8 heteroatoms. The van der Waals surface area contributed by atoms with Crippen LogP contribution in [0.3, 0.4) is 0 Å². The number of rotatable bonds is 4. The number of aryl methyl sites for hydroxylation is 1. The van der Waals surface area contributed by atoms with Crippen molar-refractivity contribution in [3.63, 3.8) is 0 Å². The third kappa shape index (κ3) is 3.80. The molecule has 0 saturated carbocycles. The largest absolute Gasteiger partial charge is 0.349 e. The number of nitrogens with one attached hydrogen (secondary N) is 3. The number of carbonyl (C=O) groups is 1. The summed E-state index contributed by atoms with van der Waals surface area (Å²) in [7, 11) is 0. The van der Waals surface area contributed by atoms with E-state index in [1.807, 2.05) is 13.8 Å². The van der Waals surface area contributed by atoms with Crippen molar-refractivity contribution in [3.8, 4) is 0 Å². The Balaban J connectivity index is 2.14. The van der Waals surface area contributed by atoms with Crippen LogP contribution in [-0.2, 0) is 6.54 Å². The minimum atomic E-state index is -0.577. The van der Waals surface area contributed by atoms with Crippen molar-refractivity contribution < 1.29 is 4.79 Å². The molecule has 2 aromatic heterocycles. The number of nitrogens with zero attached hydrogens (tertiary/aromatic N) is 2. The Bertz CT molecular complexity index is 976. The van der Waals surface area contributed by atoms with E-state index >= 15 is 0 Å². The number of hydrogen-bond donors (Lipinski definition) is 3. The molecule has 0 bridgehead atoms. The van der Waals surface area contributed by atoms with Crippen molar-refractivity contribution in [2.24, 2.45) is 0 Å². The summed E-state index contributed by atoms with van der Waals surface area (Å²) in [6.07, 6.45) is 1.67. The van der Waals surface area contributed by atoms with Gasteiger partial charge in [-0.3, -0.25) is 19.1 Å². The zero-order valence-corrected chi connectivity index (χ0v) is 16.3. The van der Waals surface area contributed by atoms with Crippen molar-refractivity contribution in [2.45, 2.75) is 65.1 Å². The van der Waals surface area contributed by atoms with Gasteiger partial charge in [0.15, 0.2) is 5.65 Å². The second-order valence-corrected chi connectivity index (χ2v) is 7.50. The predicted molar refractivity (Wildman–Crippen MR) is 104 cm³/mol. The van der Waals surface area contributed by atoms with Crippen molar-refractivity contribution in [3.05, 3.63) is 38.2 Å². The summed E-state index contributed by atoms with van der Waals surface area (Å²) in [4.78, 5) is 44.6. The summed E-state index contributed by atoms with van der Waals surface area (Å²) >= 11 is 0. The first kappa shape index (κ1) is 19.3.